The number of amides is 2. The first-order valence-electron chi connectivity index (χ1n) is 5.80. The van der Waals surface area contributed by atoms with Gasteiger partial charge in [-0.2, -0.15) is 0 Å². The number of nitro groups is 1. The number of hydrogen-bond donors (Lipinski definition) is 2. The number of aromatic nitrogens is 1. The van der Waals surface area contributed by atoms with Crippen molar-refractivity contribution < 1.29 is 9.72 Å². The number of pyridine rings is 1. The molecule has 0 aliphatic rings. The van der Waals surface area contributed by atoms with Crippen LogP contribution in [0.15, 0.2) is 42.6 Å². The summed E-state index contributed by atoms with van der Waals surface area (Å²) >= 11 is 0. The molecule has 1 aromatic carbocycles. The lowest BCUT2D eigenvalue weighted by Crippen LogP contribution is -2.20. The summed E-state index contributed by atoms with van der Waals surface area (Å²) in [6, 6.07) is 9.08. The number of nitrogens with one attached hydrogen (secondary N) is 2. The van der Waals surface area contributed by atoms with Crippen LogP contribution < -0.4 is 10.6 Å². The van der Waals surface area contributed by atoms with Crippen molar-refractivity contribution in [1.82, 2.24) is 4.98 Å². The molecule has 102 valence electrons. The molecule has 2 N–H and O–H groups in total. The number of nitro benzene ring substituents is 1. The fraction of sp³-hybridized carbons (Fsp3) is 0.0769. The Balaban J connectivity index is 2.08. The maximum atomic E-state index is 11.7. The number of nitrogens with zero attached hydrogens (tertiary/aromatic N) is 2. The molecular weight excluding hydrogens is 260 g/mol. The van der Waals surface area contributed by atoms with Crippen molar-refractivity contribution >= 4 is 23.2 Å². The Hall–Kier alpha value is -2.96. The molecule has 2 rings (SSSR count). The lowest BCUT2D eigenvalue weighted by molar-refractivity contribution is -0.385. The van der Waals surface area contributed by atoms with Crippen LogP contribution in [-0.2, 0) is 0 Å². The van der Waals surface area contributed by atoms with E-state index in [1.54, 1.807) is 43.5 Å². The molecule has 0 unspecified atom stereocenters. The fourth-order valence-electron chi connectivity index (χ4n) is 1.60. The van der Waals surface area contributed by atoms with Crippen molar-refractivity contribution in [2.45, 2.75) is 6.92 Å². The summed E-state index contributed by atoms with van der Waals surface area (Å²) in [5, 5.41) is 15.9. The zero-order valence-corrected chi connectivity index (χ0v) is 10.7. The number of carbonyl (C=O) groups is 1. The van der Waals surface area contributed by atoms with E-state index in [2.05, 4.69) is 15.6 Å². The van der Waals surface area contributed by atoms with Crippen LogP contribution in [0.1, 0.15) is 5.56 Å². The maximum Gasteiger partial charge on any atom is 0.324 e. The smallest absolute Gasteiger partial charge is 0.307 e. The average molecular weight is 272 g/mol. The molecule has 0 aliphatic carbocycles. The maximum absolute atomic E-state index is 11.7. The molecule has 7 nitrogen and oxygen atoms in total. The molecule has 7 heteroatoms. The summed E-state index contributed by atoms with van der Waals surface area (Å²) in [6.07, 6.45) is 1.55. The van der Waals surface area contributed by atoms with Gasteiger partial charge in [-0.25, -0.2) is 9.78 Å². The highest BCUT2D eigenvalue weighted by Crippen LogP contribution is 2.22. The minimum Gasteiger partial charge on any atom is -0.307 e. The Labute approximate surface area is 114 Å². The normalized spacial score (nSPS) is 9.85. The molecular formula is C13H12N4O3. The molecule has 1 aromatic heterocycles. The summed E-state index contributed by atoms with van der Waals surface area (Å²) in [4.78, 5) is 26.0. The third-order valence-electron chi connectivity index (χ3n) is 2.57. The number of urea groups is 1. The van der Waals surface area contributed by atoms with E-state index in [9.17, 15) is 14.9 Å². The first-order chi connectivity index (χ1) is 9.56. The molecule has 0 aliphatic heterocycles. The van der Waals surface area contributed by atoms with Gasteiger partial charge in [0.1, 0.15) is 5.82 Å². The number of aryl methyl sites for hydroxylation is 1. The highest BCUT2D eigenvalue weighted by molar-refractivity contribution is 5.99. The molecule has 0 bridgehead atoms. The largest absolute Gasteiger partial charge is 0.324 e. The second-order valence-electron chi connectivity index (χ2n) is 4.05. The highest BCUT2D eigenvalue weighted by atomic mass is 16.6. The van der Waals surface area contributed by atoms with E-state index in [0.29, 0.717) is 17.1 Å². The van der Waals surface area contributed by atoms with E-state index in [1.807, 2.05) is 0 Å². The second-order valence-corrected chi connectivity index (χ2v) is 4.05. The molecule has 0 atom stereocenters. The van der Waals surface area contributed by atoms with Gasteiger partial charge < -0.3 is 5.32 Å². The van der Waals surface area contributed by atoms with Crippen LogP contribution in [0, 0.1) is 17.0 Å². The van der Waals surface area contributed by atoms with Gasteiger partial charge in [0.05, 0.1) is 4.92 Å². The van der Waals surface area contributed by atoms with Crippen LogP contribution in [0.4, 0.5) is 22.0 Å². The van der Waals surface area contributed by atoms with E-state index in [0.717, 1.165) is 0 Å². The van der Waals surface area contributed by atoms with Gasteiger partial charge in [0.25, 0.3) is 5.69 Å². The number of rotatable bonds is 3. The van der Waals surface area contributed by atoms with Gasteiger partial charge >= 0.3 is 6.03 Å². The van der Waals surface area contributed by atoms with Crippen LogP contribution in [0.5, 0.6) is 0 Å². The third kappa shape index (κ3) is 3.29. The Morgan fingerprint density at radius 2 is 2.05 bits per heavy atom. The zero-order chi connectivity index (χ0) is 14.5. The van der Waals surface area contributed by atoms with Gasteiger partial charge in [0.2, 0.25) is 0 Å². The van der Waals surface area contributed by atoms with Gasteiger partial charge in [-0.05, 0) is 25.1 Å². The molecule has 20 heavy (non-hydrogen) atoms. The summed E-state index contributed by atoms with van der Waals surface area (Å²) < 4.78 is 0. The van der Waals surface area contributed by atoms with E-state index >= 15 is 0 Å². The Morgan fingerprint density at radius 3 is 2.70 bits per heavy atom. The quantitative estimate of drug-likeness (QED) is 0.663. The summed E-state index contributed by atoms with van der Waals surface area (Å²) in [6.45, 7) is 1.63. The molecule has 0 spiro atoms. The van der Waals surface area contributed by atoms with Crippen molar-refractivity contribution in [3.63, 3.8) is 0 Å². The minimum atomic E-state index is -0.512. The molecule has 2 aromatic rings. The van der Waals surface area contributed by atoms with E-state index < -0.39 is 11.0 Å². The lowest BCUT2D eigenvalue weighted by atomic mass is 10.2. The average Bonchev–Trinajstić information content (AvgIpc) is 2.41. The van der Waals surface area contributed by atoms with E-state index in [4.69, 9.17) is 0 Å². The van der Waals surface area contributed by atoms with E-state index in [-0.39, 0.29) is 5.69 Å². The predicted octanol–water partition coefficient (Wildman–Crippen LogP) is 2.94. The Kier molecular flexibility index (Phi) is 3.90. The fourth-order valence-corrected chi connectivity index (χ4v) is 1.60. The first kappa shape index (κ1) is 13.5. The standard InChI is InChI=1S/C13H12N4O3/c1-9-5-6-10(8-11(9)17(19)20)15-13(18)16-12-4-2-3-7-14-12/h2-8H,1H3,(H2,14,15,16,18). The van der Waals surface area contributed by atoms with Gasteiger partial charge in [-0.15, -0.1) is 0 Å². The summed E-state index contributed by atoms with van der Waals surface area (Å²) in [5.74, 6) is 0.395. The predicted molar refractivity (Wildman–Crippen MR) is 74.7 cm³/mol. The van der Waals surface area contributed by atoms with Gasteiger partial charge in [0, 0.05) is 23.5 Å². The van der Waals surface area contributed by atoms with Gasteiger partial charge in [-0.3, -0.25) is 15.4 Å². The first-order valence-corrected chi connectivity index (χ1v) is 5.80. The molecule has 1 heterocycles. The van der Waals surface area contributed by atoms with Crippen LogP contribution in [0.25, 0.3) is 0 Å². The van der Waals surface area contributed by atoms with Gasteiger partial charge in [0.15, 0.2) is 0 Å². The number of benzene rings is 1. The minimum absolute atomic E-state index is 0.0411. The molecule has 0 saturated carbocycles. The van der Waals surface area contributed by atoms with Gasteiger partial charge in [-0.1, -0.05) is 12.1 Å². The molecule has 0 saturated heterocycles. The van der Waals surface area contributed by atoms with Crippen LogP contribution >= 0.6 is 0 Å². The molecule has 2 amide bonds. The Bertz CT molecular complexity index is 643. The molecule has 0 fully saturated rings. The van der Waals surface area contributed by atoms with Crippen molar-refractivity contribution in [2.24, 2.45) is 0 Å². The lowest BCUT2D eigenvalue weighted by Gasteiger charge is -2.07. The third-order valence-corrected chi connectivity index (χ3v) is 2.57. The van der Waals surface area contributed by atoms with Crippen LogP contribution in [0.3, 0.4) is 0 Å². The topological polar surface area (TPSA) is 97.2 Å². The van der Waals surface area contributed by atoms with E-state index in [1.165, 1.54) is 6.07 Å². The monoisotopic (exact) mass is 272 g/mol. The summed E-state index contributed by atoms with van der Waals surface area (Å²) in [5.41, 5.74) is 0.835. The number of hydrogen-bond acceptors (Lipinski definition) is 4. The Morgan fingerprint density at radius 1 is 1.25 bits per heavy atom. The zero-order valence-electron chi connectivity index (χ0n) is 10.7. The SMILES string of the molecule is Cc1ccc(NC(=O)Nc2ccccn2)cc1[N+](=O)[O-]. The van der Waals surface area contributed by atoms with Crippen LogP contribution in [-0.4, -0.2) is 15.9 Å². The van der Waals surface area contributed by atoms with Crippen molar-refractivity contribution in [1.29, 1.82) is 0 Å². The summed E-state index contributed by atoms with van der Waals surface area (Å²) in [7, 11) is 0. The number of anilines is 2. The molecule has 0 radical (unpaired) electrons. The number of carbonyl (C=O) groups excluding carboxylic acids is 1. The van der Waals surface area contributed by atoms with Crippen LogP contribution in [0.2, 0.25) is 0 Å². The second kappa shape index (κ2) is 5.79. The van der Waals surface area contributed by atoms with Crippen molar-refractivity contribution in [3.8, 4) is 0 Å². The highest BCUT2D eigenvalue weighted by Gasteiger charge is 2.12. The van der Waals surface area contributed by atoms with Crippen molar-refractivity contribution in [2.75, 3.05) is 10.6 Å². The van der Waals surface area contributed by atoms with Crippen molar-refractivity contribution in [3.05, 3.63) is 58.3 Å².